The third-order valence-electron chi connectivity index (χ3n) is 6.96. The van der Waals surface area contributed by atoms with E-state index in [2.05, 4.69) is 15.6 Å². The van der Waals surface area contributed by atoms with Gasteiger partial charge in [0.25, 0.3) is 0 Å². The van der Waals surface area contributed by atoms with E-state index in [0.29, 0.717) is 18.1 Å². The Kier molecular flexibility index (Phi) is 11.3. The molecule has 1 saturated heterocycles. The van der Waals surface area contributed by atoms with Crippen LogP contribution in [0.15, 0.2) is 54.9 Å². The maximum absolute atomic E-state index is 14.8. The molecule has 2 heterocycles. The Bertz CT molecular complexity index is 1450. The maximum Gasteiger partial charge on any atom is 0.407 e. The standard InChI is InChI=1S/C30H29F7N4O4/c31-19-3-1-17(2-4-19)25(18-7-20(32)9-21(33)8-18)10-28(42)41-27-13-38-12-26(34)24(27)6-5-23-11-39-22(14-44-23)15-45-29(43)40-16-30(35,36)37/h1-4,7-9,12-13,22-23,25,39H,5-6,10-11,14-16H2,(H,40,43)(H,41,42)/t22-,23+,25-/m0/s1. The fourth-order valence-corrected chi connectivity index (χ4v) is 4.78. The average molecular weight is 643 g/mol. The summed E-state index contributed by atoms with van der Waals surface area (Å²) in [5, 5.41) is 7.27. The van der Waals surface area contributed by atoms with Crippen LogP contribution in [0, 0.1) is 23.3 Å². The van der Waals surface area contributed by atoms with Gasteiger partial charge in [0.15, 0.2) is 0 Å². The Hall–Kier alpha value is -4.24. The van der Waals surface area contributed by atoms with E-state index >= 15 is 0 Å². The lowest BCUT2D eigenvalue weighted by atomic mass is 9.88. The van der Waals surface area contributed by atoms with Crippen molar-refractivity contribution >= 4 is 17.7 Å². The van der Waals surface area contributed by atoms with E-state index in [9.17, 15) is 40.3 Å². The van der Waals surface area contributed by atoms with Crippen LogP contribution in [0.1, 0.15) is 35.4 Å². The molecule has 1 aliphatic rings. The number of amides is 2. The summed E-state index contributed by atoms with van der Waals surface area (Å²) in [5.41, 5.74) is 0.813. The van der Waals surface area contributed by atoms with Gasteiger partial charge in [0.05, 0.1) is 36.8 Å². The molecule has 45 heavy (non-hydrogen) atoms. The normalized spacial score (nSPS) is 17.4. The third-order valence-corrected chi connectivity index (χ3v) is 6.96. The van der Waals surface area contributed by atoms with Crippen molar-refractivity contribution in [2.45, 2.75) is 43.5 Å². The summed E-state index contributed by atoms with van der Waals surface area (Å²) in [6.07, 6.45) is -3.82. The van der Waals surface area contributed by atoms with E-state index < -0.39 is 66.1 Å². The molecule has 15 heteroatoms. The van der Waals surface area contributed by atoms with Crippen molar-refractivity contribution in [1.29, 1.82) is 0 Å². The number of anilines is 1. The first-order chi connectivity index (χ1) is 21.4. The number of alkyl halides is 3. The van der Waals surface area contributed by atoms with Crippen molar-refractivity contribution in [2.24, 2.45) is 0 Å². The van der Waals surface area contributed by atoms with E-state index in [1.165, 1.54) is 18.3 Å². The van der Waals surface area contributed by atoms with Gasteiger partial charge in [-0.2, -0.15) is 13.2 Å². The van der Waals surface area contributed by atoms with Crippen LogP contribution >= 0.6 is 0 Å². The number of morpholine rings is 1. The molecule has 2 aromatic carbocycles. The average Bonchev–Trinajstić information content (AvgIpc) is 2.98. The first-order valence-electron chi connectivity index (χ1n) is 13.8. The van der Waals surface area contributed by atoms with Crippen LogP contribution < -0.4 is 16.0 Å². The van der Waals surface area contributed by atoms with Crippen LogP contribution in [-0.4, -0.2) is 61.6 Å². The number of rotatable bonds is 11. The van der Waals surface area contributed by atoms with E-state index in [1.54, 1.807) is 5.32 Å². The molecule has 1 fully saturated rings. The van der Waals surface area contributed by atoms with Crippen molar-refractivity contribution in [3.63, 3.8) is 0 Å². The van der Waals surface area contributed by atoms with Gasteiger partial charge in [0.2, 0.25) is 5.91 Å². The highest BCUT2D eigenvalue weighted by atomic mass is 19.4. The number of carbonyl (C=O) groups excluding carboxylic acids is 2. The molecular weight excluding hydrogens is 613 g/mol. The lowest BCUT2D eigenvalue weighted by Crippen LogP contribution is -2.49. The number of nitrogens with zero attached hydrogens (tertiary/aromatic N) is 1. The second-order valence-electron chi connectivity index (χ2n) is 10.4. The molecule has 4 rings (SSSR count). The third kappa shape index (κ3) is 10.4. The number of hydrogen-bond donors (Lipinski definition) is 3. The number of alkyl carbamates (subject to hydrolysis) is 1. The molecule has 0 saturated carbocycles. The lowest BCUT2D eigenvalue weighted by molar-refractivity contribution is -0.124. The molecule has 8 nitrogen and oxygen atoms in total. The summed E-state index contributed by atoms with van der Waals surface area (Å²) in [6.45, 7) is -1.40. The number of pyridine rings is 1. The Labute approximate surface area is 253 Å². The van der Waals surface area contributed by atoms with E-state index in [-0.39, 0.29) is 49.4 Å². The monoisotopic (exact) mass is 642 g/mol. The van der Waals surface area contributed by atoms with Crippen molar-refractivity contribution in [2.75, 3.05) is 31.6 Å². The highest BCUT2D eigenvalue weighted by Crippen LogP contribution is 2.31. The Morgan fingerprint density at radius 1 is 1.00 bits per heavy atom. The number of benzene rings is 2. The minimum Gasteiger partial charge on any atom is -0.448 e. The Morgan fingerprint density at radius 3 is 2.36 bits per heavy atom. The first kappa shape index (κ1) is 33.6. The van der Waals surface area contributed by atoms with Crippen molar-refractivity contribution in [3.8, 4) is 0 Å². The number of carbonyl (C=O) groups is 2. The van der Waals surface area contributed by atoms with Gasteiger partial charge in [-0.1, -0.05) is 12.1 Å². The number of halogens is 7. The number of hydrogen-bond acceptors (Lipinski definition) is 6. The molecule has 3 atom stereocenters. The molecule has 3 aromatic rings. The van der Waals surface area contributed by atoms with E-state index in [4.69, 9.17) is 9.47 Å². The molecule has 0 radical (unpaired) electrons. The van der Waals surface area contributed by atoms with E-state index in [0.717, 1.165) is 30.5 Å². The van der Waals surface area contributed by atoms with Gasteiger partial charge in [0, 0.05) is 30.5 Å². The van der Waals surface area contributed by atoms with Crippen LogP contribution in [0.5, 0.6) is 0 Å². The predicted octanol–water partition coefficient (Wildman–Crippen LogP) is 5.38. The molecule has 0 bridgehead atoms. The van der Waals surface area contributed by atoms with Crippen LogP contribution in [0.25, 0.3) is 0 Å². The summed E-state index contributed by atoms with van der Waals surface area (Å²) in [5.74, 6) is -4.38. The molecule has 0 spiro atoms. The highest BCUT2D eigenvalue weighted by Gasteiger charge is 2.29. The largest absolute Gasteiger partial charge is 0.448 e. The minimum absolute atomic E-state index is 0.0745. The molecular formula is C30H29F7N4O4. The molecule has 1 aromatic heterocycles. The zero-order valence-electron chi connectivity index (χ0n) is 23.6. The second kappa shape index (κ2) is 15.2. The van der Waals surface area contributed by atoms with Gasteiger partial charge in [-0.25, -0.2) is 22.4 Å². The minimum atomic E-state index is -4.56. The quantitative estimate of drug-likeness (QED) is 0.243. The molecule has 1 aliphatic heterocycles. The van der Waals surface area contributed by atoms with Crippen molar-refractivity contribution in [1.82, 2.24) is 15.6 Å². The molecule has 0 aliphatic carbocycles. The van der Waals surface area contributed by atoms with E-state index in [1.807, 2.05) is 0 Å². The summed E-state index contributed by atoms with van der Waals surface area (Å²) >= 11 is 0. The highest BCUT2D eigenvalue weighted by molar-refractivity contribution is 5.92. The molecule has 242 valence electrons. The lowest BCUT2D eigenvalue weighted by Gasteiger charge is -2.30. The van der Waals surface area contributed by atoms with Gasteiger partial charge < -0.3 is 25.4 Å². The Balaban J connectivity index is 1.34. The van der Waals surface area contributed by atoms with Crippen molar-refractivity contribution in [3.05, 3.63) is 94.8 Å². The number of ether oxygens (including phenoxy) is 2. The second-order valence-corrected chi connectivity index (χ2v) is 10.4. The number of nitrogens with one attached hydrogen (secondary N) is 3. The summed E-state index contributed by atoms with van der Waals surface area (Å²) in [6, 6.07) is 7.52. The fraction of sp³-hybridized carbons (Fsp3) is 0.367. The Morgan fingerprint density at radius 2 is 1.71 bits per heavy atom. The molecule has 2 amide bonds. The predicted molar refractivity (Wildman–Crippen MR) is 147 cm³/mol. The summed E-state index contributed by atoms with van der Waals surface area (Å²) in [4.78, 5) is 28.4. The summed E-state index contributed by atoms with van der Waals surface area (Å²) < 4.78 is 104. The van der Waals surface area contributed by atoms with Gasteiger partial charge in [-0.3, -0.25) is 9.78 Å². The van der Waals surface area contributed by atoms with Gasteiger partial charge in [0.1, 0.15) is 36.4 Å². The molecule has 0 unspecified atom stereocenters. The topological polar surface area (TPSA) is 102 Å². The van der Waals surface area contributed by atoms with Crippen molar-refractivity contribution < 1.29 is 49.8 Å². The SMILES string of the molecule is O=C(C[C@@H](c1ccc(F)cc1)c1cc(F)cc(F)c1)Nc1cncc(F)c1CC[C@@H]1CN[C@H](COC(=O)NCC(F)(F)F)CO1. The van der Waals surface area contributed by atoms with Gasteiger partial charge in [-0.05, 0) is 48.2 Å². The molecule has 3 N–H and O–H groups in total. The zero-order valence-corrected chi connectivity index (χ0v) is 23.6. The first-order valence-corrected chi connectivity index (χ1v) is 13.8. The number of aromatic nitrogens is 1. The fourth-order valence-electron chi connectivity index (χ4n) is 4.78. The summed E-state index contributed by atoms with van der Waals surface area (Å²) in [7, 11) is 0. The van der Waals surface area contributed by atoms with Gasteiger partial charge >= 0.3 is 12.3 Å². The van der Waals surface area contributed by atoms with Gasteiger partial charge in [-0.15, -0.1) is 0 Å². The smallest absolute Gasteiger partial charge is 0.407 e. The van der Waals surface area contributed by atoms with Crippen LogP contribution in [0.3, 0.4) is 0 Å². The van der Waals surface area contributed by atoms with Crippen LogP contribution in [-0.2, 0) is 20.7 Å². The zero-order chi connectivity index (χ0) is 32.6. The van der Waals surface area contributed by atoms with Crippen LogP contribution in [0.4, 0.5) is 41.2 Å². The maximum atomic E-state index is 14.8. The van der Waals surface area contributed by atoms with Crippen LogP contribution in [0.2, 0.25) is 0 Å².